The van der Waals surface area contributed by atoms with Crippen LogP contribution in [0, 0.1) is 0 Å². The average molecular weight is 335 g/mol. The molecule has 1 atom stereocenters. The van der Waals surface area contributed by atoms with Gasteiger partial charge in [-0.15, -0.1) is 0 Å². The minimum Gasteiger partial charge on any atom is -0.481 e. The number of halogens is 1. The Kier molecular flexibility index (Phi) is 5.33. The maximum Gasteiger partial charge on any atom is 0.303 e. The summed E-state index contributed by atoms with van der Waals surface area (Å²) < 4.78 is 15.0. The number of carboxylic acid groups (broad SMARTS) is 1. The molecule has 132 valence electrons. The highest BCUT2D eigenvalue weighted by molar-refractivity contribution is 5.66. The lowest BCUT2D eigenvalue weighted by atomic mass is 9.97. The SMILES string of the molecule is O=C(O)CCCN1CCC(F)(CCc2ccc3c(n2)NCCC3)C1. The molecule has 2 aliphatic heterocycles. The van der Waals surface area contributed by atoms with Crippen molar-refractivity contribution in [2.75, 3.05) is 31.5 Å². The Balaban J connectivity index is 1.48. The molecule has 0 amide bonds. The van der Waals surface area contributed by atoms with E-state index in [9.17, 15) is 9.18 Å². The highest BCUT2D eigenvalue weighted by Crippen LogP contribution is 2.31. The van der Waals surface area contributed by atoms with Gasteiger partial charge in [0.25, 0.3) is 0 Å². The molecular weight excluding hydrogens is 309 g/mol. The van der Waals surface area contributed by atoms with E-state index in [2.05, 4.69) is 16.4 Å². The Morgan fingerprint density at radius 2 is 2.33 bits per heavy atom. The molecular formula is C18H26FN3O2. The van der Waals surface area contributed by atoms with E-state index in [4.69, 9.17) is 5.11 Å². The normalized spacial score (nSPS) is 23.7. The molecule has 1 fully saturated rings. The summed E-state index contributed by atoms with van der Waals surface area (Å²) in [5.41, 5.74) is 1.03. The van der Waals surface area contributed by atoms with Gasteiger partial charge in [0.2, 0.25) is 0 Å². The zero-order chi connectivity index (χ0) is 17.0. The fraction of sp³-hybridized carbons (Fsp3) is 0.667. The van der Waals surface area contributed by atoms with E-state index in [1.807, 2.05) is 11.0 Å². The van der Waals surface area contributed by atoms with Crippen molar-refractivity contribution in [3.8, 4) is 0 Å². The van der Waals surface area contributed by atoms with Crippen LogP contribution < -0.4 is 5.32 Å². The van der Waals surface area contributed by atoms with E-state index < -0.39 is 11.6 Å². The molecule has 0 radical (unpaired) electrons. The minimum atomic E-state index is -1.17. The predicted octanol–water partition coefficient (Wildman–Crippen LogP) is 2.65. The van der Waals surface area contributed by atoms with Crippen LogP contribution in [-0.4, -0.2) is 52.8 Å². The second-order valence-corrected chi connectivity index (χ2v) is 7.01. The third-order valence-electron chi connectivity index (χ3n) is 5.03. The van der Waals surface area contributed by atoms with Crippen molar-refractivity contribution in [3.05, 3.63) is 23.4 Å². The van der Waals surface area contributed by atoms with Gasteiger partial charge in [0.15, 0.2) is 0 Å². The van der Waals surface area contributed by atoms with Crippen LogP contribution in [0.1, 0.15) is 43.4 Å². The highest BCUT2D eigenvalue weighted by atomic mass is 19.1. The minimum absolute atomic E-state index is 0.155. The van der Waals surface area contributed by atoms with Gasteiger partial charge >= 0.3 is 5.97 Å². The van der Waals surface area contributed by atoms with Crippen molar-refractivity contribution in [2.45, 2.75) is 50.6 Å². The van der Waals surface area contributed by atoms with Crippen LogP contribution in [0.15, 0.2) is 12.1 Å². The smallest absolute Gasteiger partial charge is 0.303 e. The number of rotatable bonds is 7. The fourth-order valence-corrected chi connectivity index (χ4v) is 3.63. The molecule has 1 aromatic rings. The summed E-state index contributed by atoms with van der Waals surface area (Å²) >= 11 is 0. The standard InChI is InChI=1S/C18H26FN3O2/c19-18(9-12-22(13-18)11-2-4-16(23)24)8-7-15-6-5-14-3-1-10-20-17(14)21-15/h5-6H,1-4,7-13H2,(H,20,21)(H,23,24). The van der Waals surface area contributed by atoms with Gasteiger partial charge in [-0.1, -0.05) is 6.07 Å². The van der Waals surface area contributed by atoms with Crippen LogP contribution in [0.2, 0.25) is 0 Å². The monoisotopic (exact) mass is 335 g/mol. The number of nitrogens with zero attached hydrogens (tertiary/aromatic N) is 2. The summed E-state index contributed by atoms with van der Waals surface area (Å²) in [5, 5.41) is 12.0. The molecule has 0 saturated carbocycles. The van der Waals surface area contributed by atoms with Crippen LogP contribution in [0.5, 0.6) is 0 Å². The van der Waals surface area contributed by atoms with Crippen LogP contribution in [-0.2, 0) is 17.6 Å². The maximum atomic E-state index is 15.0. The molecule has 2 N–H and O–H groups in total. The number of aromatic nitrogens is 1. The lowest BCUT2D eigenvalue weighted by molar-refractivity contribution is -0.137. The zero-order valence-corrected chi connectivity index (χ0v) is 14.1. The molecule has 1 saturated heterocycles. The Bertz CT molecular complexity index is 596. The summed E-state index contributed by atoms with van der Waals surface area (Å²) in [6.45, 7) is 2.76. The number of carboxylic acids is 1. The number of aryl methyl sites for hydroxylation is 2. The molecule has 1 aromatic heterocycles. The molecule has 6 heteroatoms. The quantitative estimate of drug-likeness (QED) is 0.802. The van der Waals surface area contributed by atoms with Gasteiger partial charge in [-0.25, -0.2) is 9.37 Å². The molecule has 3 rings (SSSR count). The first-order chi connectivity index (χ1) is 11.5. The van der Waals surface area contributed by atoms with Crippen molar-refractivity contribution >= 4 is 11.8 Å². The number of aliphatic carboxylic acids is 1. The number of anilines is 1. The van der Waals surface area contributed by atoms with Crippen LogP contribution in [0.4, 0.5) is 10.2 Å². The molecule has 0 bridgehead atoms. The zero-order valence-electron chi connectivity index (χ0n) is 14.1. The van der Waals surface area contributed by atoms with Gasteiger partial charge in [-0.05, 0) is 56.7 Å². The Hall–Kier alpha value is -1.69. The molecule has 3 heterocycles. The van der Waals surface area contributed by atoms with Crippen molar-refractivity contribution in [2.24, 2.45) is 0 Å². The summed E-state index contributed by atoms with van der Waals surface area (Å²) in [6.07, 6.45) is 4.60. The highest BCUT2D eigenvalue weighted by Gasteiger charge is 2.37. The lowest BCUT2D eigenvalue weighted by Gasteiger charge is -2.21. The Labute approximate surface area is 142 Å². The maximum absolute atomic E-state index is 15.0. The molecule has 0 spiro atoms. The number of hydrogen-bond donors (Lipinski definition) is 2. The van der Waals surface area contributed by atoms with Crippen molar-refractivity contribution in [1.82, 2.24) is 9.88 Å². The summed E-state index contributed by atoms with van der Waals surface area (Å²) in [6, 6.07) is 4.14. The third-order valence-corrected chi connectivity index (χ3v) is 5.03. The fourth-order valence-electron chi connectivity index (χ4n) is 3.63. The summed E-state index contributed by atoms with van der Waals surface area (Å²) in [5.74, 6) is 0.182. The van der Waals surface area contributed by atoms with Gasteiger partial charge in [0, 0.05) is 31.7 Å². The number of nitrogens with one attached hydrogen (secondary N) is 1. The molecule has 1 unspecified atom stereocenters. The number of alkyl halides is 1. The Morgan fingerprint density at radius 1 is 1.46 bits per heavy atom. The van der Waals surface area contributed by atoms with Gasteiger partial charge < -0.3 is 15.3 Å². The number of likely N-dealkylation sites (tertiary alicyclic amines) is 1. The number of pyridine rings is 1. The molecule has 5 nitrogen and oxygen atoms in total. The van der Waals surface area contributed by atoms with Crippen molar-refractivity contribution in [3.63, 3.8) is 0 Å². The van der Waals surface area contributed by atoms with Crippen molar-refractivity contribution in [1.29, 1.82) is 0 Å². The largest absolute Gasteiger partial charge is 0.481 e. The third kappa shape index (κ3) is 4.44. The van der Waals surface area contributed by atoms with Crippen LogP contribution in [0.3, 0.4) is 0 Å². The first-order valence-corrected chi connectivity index (χ1v) is 8.90. The van der Waals surface area contributed by atoms with Crippen molar-refractivity contribution < 1.29 is 14.3 Å². The molecule has 24 heavy (non-hydrogen) atoms. The van der Waals surface area contributed by atoms with E-state index >= 15 is 0 Å². The van der Waals surface area contributed by atoms with E-state index in [1.54, 1.807) is 0 Å². The Morgan fingerprint density at radius 3 is 3.17 bits per heavy atom. The first kappa shape index (κ1) is 17.1. The van der Waals surface area contributed by atoms with E-state index in [0.717, 1.165) is 37.4 Å². The van der Waals surface area contributed by atoms with Gasteiger partial charge in [-0.2, -0.15) is 0 Å². The van der Waals surface area contributed by atoms with Gasteiger partial charge in [0.05, 0.1) is 0 Å². The predicted molar refractivity (Wildman–Crippen MR) is 91.1 cm³/mol. The summed E-state index contributed by atoms with van der Waals surface area (Å²) in [7, 11) is 0. The van der Waals surface area contributed by atoms with E-state index in [0.29, 0.717) is 38.8 Å². The number of fused-ring (bicyclic) bond motifs is 1. The molecule has 0 aliphatic carbocycles. The second kappa shape index (κ2) is 7.47. The van der Waals surface area contributed by atoms with E-state index in [-0.39, 0.29) is 6.42 Å². The molecule has 0 aromatic carbocycles. The van der Waals surface area contributed by atoms with E-state index in [1.165, 1.54) is 5.56 Å². The van der Waals surface area contributed by atoms with Gasteiger partial charge in [-0.3, -0.25) is 4.79 Å². The first-order valence-electron chi connectivity index (χ1n) is 8.90. The molecule has 2 aliphatic rings. The number of hydrogen-bond acceptors (Lipinski definition) is 4. The second-order valence-electron chi connectivity index (χ2n) is 7.01. The number of carbonyl (C=O) groups is 1. The van der Waals surface area contributed by atoms with Crippen LogP contribution >= 0.6 is 0 Å². The lowest BCUT2D eigenvalue weighted by Crippen LogP contribution is -2.30. The summed E-state index contributed by atoms with van der Waals surface area (Å²) in [4.78, 5) is 17.2. The van der Waals surface area contributed by atoms with Gasteiger partial charge in [0.1, 0.15) is 11.5 Å². The topological polar surface area (TPSA) is 65.5 Å². The van der Waals surface area contributed by atoms with Crippen LogP contribution in [0.25, 0.3) is 0 Å². The average Bonchev–Trinajstić information content (AvgIpc) is 2.94.